The molecule has 0 unspecified atom stereocenters. The molecule has 0 bridgehead atoms. The number of benzene rings is 1. The number of hydroxylamine groups is 1. The Hall–Kier alpha value is -1.95. The highest BCUT2D eigenvalue weighted by atomic mass is 16.5. The van der Waals surface area contributed by atoms with Gasteiger partial charge in [0.05, 0.1) is 0 Å². The van der Waals surface area contributed by atoms with Gasteiger partial charge in [-0.2, -0.15) is 0 Å². The molecule has 0 amide bonds. The van der Waals surface area contributed by atoms with E-state index >= 15 is 0 Å². The van der Waals surface area contributed by atoms with E-state index in [1.54, 1.807) is 25.4 Å². The lowest BCUT2D eigenvalue weighted by molar-refractivity contribution is -0.750. The van der Waals surface area contributed by atoms with Crippen molar-refractivity contribution in [3.8, 4) is 18.1 Å². The molecule has 0 atom stereocenters. The van der Waals surface area contributed by atoms with Crippen LogP contribution in [0.25, 0.3) is 0 Å². The SMILES string of the molecule is C#CCOc1ccc(/C=[N+](/C)O)cc1.CC. The number of hydrogen-bond acceptors (Lipinski definition) is 2. The molecule has 0 radical (unpaired) electrons. The molecule has 0 spiro atoms. The molecule has 0 aliphatic carbocycles. The van der Waals surface area contributed by atoms with Crippen molar-refractivity contribution in [1.29, 1.82) is 0 Å². The van der Waals surface area contributed by atoms with Crippen LogP contribution < -0.4 is 4.74 Å². The quantitative estimate of drug-likeness (QED) is 0.278. The van der Waals surface area contributed by atoms with Crippen LogP contribution >= 0.6 is 0 Å². The summed E-state index contributed by atoms with van der Waals surface area (Å²) in [5.41, 5.74) is 0.892. The fourth-order valence-electron chi connectivity index (χ4n) is 0.991. The van der Waals surface area contributed by atoms with Gasteiger partial charge in [-0.05, 0) is 29.0 Å². The van der Waals surface area contributed by atoms with Crippen molar-refractivity contribution >= 4 is 6.21 Å². The molecule has 16 heavy (non-hydrogen) atoms. The predicted octanol–water partition coefficient (Wildman–Crippen LogP) is 2.18. The molecule has 0 saturated heterocycles. The third-order valence-electron chi connectivity index (χ3n) is 1.54. The second-order valence-corrected chi connectivity index (χ2v) is 2.76. The van der Waals surface area contributed by atoms with Crippen LogP contribution in [0.15, 0.2) is 24.3 Å². The highest BCUT2D eigenvalue weighted by Crippen LogP contribution is 2.10. The average Bonchev–Trinajstić information content (AvgIpc) is 2.30. The Balaban J connectivity index is 0.00000106. The topological polar surface area (TPSA) is 32.5 Å². The number of terminal acetylenes is 1. The summed E-state index contributed by atoms with van der Waals surface area (Å²) in [5.74, 6) is 3.11. The fourth-order valence-corrected chi connectivity index (χ4v) is 0.991. The van der Waals surface area contributed by atoms with Crippen LogP contribution in [0.1, 0.15) is 19.4 Å². The average molecular weight is 220 g/mol. The zero-order valence-electron chi connectivity index (χ0n) is 9.97. The second-order valence-electron chi connectivity index (χ2n) is 2.76. The van der Waals surface area contributed by atoms with Gasteiger partial charge in [0.1, 0.15) is 12.4 Å². The third-order valence-corrected chi connectivity index (χ3v) is 1.54. The molecule has 1 N–H and O–H groups in total. The molecule has 0 heterocycles. The minimum atomic E-state index is 0.267. The van der Waals surface area contributed by atoms with Gasteiger partial charge in [0.25, 0.3) is 0 Å². The smallest absolute Gasteiger partial charge is 0.222 e. The molecular formula is C13H18NO2+. The zero-order valence-corrected chi connectivity index (χ0v) is 9.97. The van der Waals surface area contributed by atoms with Crippen molar-refractivity contribution in [3.05, 3.63) is 29.8 Å². The largest absolute Gasteiger partial charge is 0.481 e. The molecule has 0 aliphatic rings. The van der Waals surface area contributed by atoms with E-state index in [2.05, 4.69) is 5.92 Å². The Kier molecular flexibility index (Phi) is 7.35. The van der Waals surface area contributed by atoms with Crippen molar-refractivity contribution in [1.82, 2.24) is 0 Å². The van der Waals surface area contributed by atoms with Crippen molar-refractivity contribution in [2.75, 3.05) is 13.7 Å². The van der Waals surface area contributed by atoms with Gasteiger partial charge in [0.15, 0.2) is 7.05 Å². The molecule has 3 nitrogen and oxygen atoms in total. The third kappa shape index (κ3) is 5.71. The Bertz CT molecular complexity index is 357. The van der Waals surface area contributed by atoms with E-state index in [-0.39, 0.29) is 6.61 Å². The van der Waals surface area contributed by atoms with Crippen molar-refractivity contribution in [2.45, 2.75) is 13.8 Å². The van der Waals surface area contributed by atoms with Gasteiger partial charge in [-0.15, -0.1) is 6.42 Å². The van der Waals surface area contributed by atoms with Gasteiger partial charge in [-0.3, -0.25) is 5.21 Å². The summed E-state index contributed by atoms with van der Waals surface area (Å²) in [6.07, 6.45) is 6.64. The minimum Gasteiger partial charge on any atom is -0.481 e. The Morgan fingerprint density at radius 2 is 1.94 bits per heavy atom. The van der Waals surface area contributed by atoms with E-state index in [1.807, 2.05) is 26.0 Å². The van der Waals surface area contributed by atoms with Crippen molar-refractivity contribution in [3.63, 3.8) is 0 Å². The lowest BCUT2D eigenvalue weighted by atomic mass is 10.2. The van der Waals surface area contributed by atoms with Gasteiger partial charge in [-0.25, -0.2) is 0 Å². The first-order chi connectivity index (χ1) is 7.72. The number of nitrogens with zero attached hydrogens (tertiary/aromatic N) is 1. The van der Waals surface area contributed by atoms with E-state index in [1.165, 1.54) is 0 Å². The van der Waals surface area contributed by atoms with E-state index < -0.39 is 0 Å². The standard InChI is InChI=1S/C11H12NO2.C2H6/c1-3-8-14-11-6-4-10(5-7-11)9-12(2)13;1-2/h1,4-7,9,13H,8H2,2H3;1-2H3/q+1;/b12-9-;. The van der Waals surface area contributed by atoms with Crippen LogP contribution in [0.5, 0.6) is 5.75 Å². The normalized spacial score (nSPS) is 9.75. The summed E-state index contributed by atoms with van der Waals surface area (Å²) in [6, 6.07) is 7.26. The molecule has 0 aliphatic heterocycles. The second kappa shape index (κ2) is 8.37. The number of hydrogen-bond donors (Lipinski definition) is 1. The van der Waals surface area contributed by atoms with E-state index in [0.717, 1.165) is 16.1 Å². The van der Waals surface area contributed by atoms with E-state index in [9.17, 15) is 0 Å². The Labute approximate surface area is 97.0 Å². The molecular weight excluding hydrogens is 202 g/mol. The maximum Gasteiger partial charge on any atom is 0.222 e. The fraction of sp³-hybridized carbons (Fsp3) is 0.308. The van der Waals surface area contributed by atoms with Gasteiger partial charge in [0, 0.05) is 5.56 Å². The lowest BCUT2D eigenvalue weighted by Gasteiger charge is -2.00. The van der Waals surface area contributed by atoms with Crippen LogP contribution in [-0.4, -0.2) is 29.8 Å². The summed E-state index contributed by atoms with van der Waals surface area (Å²) in [5, 5.41) is 8.94. The highest BCUT2D eigenvalue weighted by molar-refractivity contribution is 5.75. The van der Waals surface area contributed by atoms with Gasteiger partial charge in [0.2, 0.25) is 6.21 Å². The van der Waals surface area contributed by atoms with Crippen LogP contribution in [0, 0.1) is 12.3 Å². The lowest BCUT2D eigenvalue weighted by Crippen LogP contribution is -2.00. The van der Waals surface area contributed by atoms with Crippen LogP contribution in [-0.2, 0) is 0 Å². The van der Waals surface area contributed by atoms with Crippen LogP contribution in [0.3, 0.4) is 0 Å². The predicted molar refractivity (Wildman–Crippen MR) is 65.3 cm³/mol. The van der Waals surface area contributed by atoms with Crippen LogP contribution in [0.2, 0.25) is 0 Å². The molecule has 1 aromatic carbocycles. The van der Waals surface area contributed by atoms with Crippen molar-refractivity contribution in [2.24, 2.45) is 0 Å². The minimum absolute atomic E-state index is 0.267. The van der Waals surface area contributed by atoms with Crippen LogP contribution in [0.4, 0.5) is 0 Å². The number of rotatable bonds is 3. The summed E-state index contributed by atoms with van der Waals surface area (Å²) >= 11 is 0. The summed E-state index contributed by atoms with van der Waals surface area (Å²) < 4.78 is 6.19. The monoisotopic (exact) mass is 220 g/mol. The molecule has 86 valence electrons. The molecule has 0 aromatic heterocycles. The van der Waals surface area contributed by atoms with E-state index in [0.29, 0.717) is 0 Å². The molecule has 1 aromatic rings. The van der Waals surface area contributed by atoms with Crippen molar-refractivity contribution < 1.29 is 14.7 Å². The number of ether oxygens (including phenoxy) is 1. The first kappa shape index (κ1) is 14.1. The highest BCUT2D eigenvalue weighted by Gasteiger charge is 1.96. The van der Waals surface area contributed by atoms with Gasteiger partial charge in [-0.1, -0.05) is 19.8 Å². The first-order valence-electron chi connectivity index (χ1n) is 5.15. The Morgan fingerprint density at radius 1 is 1.38 bits per heavy atom. The summed E-state index contributed by atoms with van der Waals surface area (Å²) in [4.78, 5) is 0. The van der Waals surface area contributed by atoms with E-state index in [4.69, 9.17) is 16.4 Å². The molecule has 0 saturated carbocycles. The van der Waals surface area contributed by atoms with Gasteiger partial charge >= 0.3 is 0 Å². The zero-order chi connectivity index (χ0) is 12.4. The molecule has 3 heteroatoms. The maximum atomic E-state index is 8.94. The summed E-state index contributed by atoms with van der Waals surface area (Å²) in [7, 11) is 1.54. The first-order valence-corrected chi connectivity index (χ1v) is 5.15. The van der Waals surface area contributed by atoms with Gasteiger partial charge < -0.3 is 4.74 Å². The maximum absolute atomic E-state index is 8.94. The Morgan fingerprint density at radius 3 is 2.38 bits per heavy atom. The molecule has 0 fully saturated rings. The molecule has 1 rings (SSSR count). The summed E-state index contributed by atoms with van der Waals surface area (Å²) in [6.45, 7) is 4.27.